The minimum Gasteiger partial charge on any atom is -0.465 e. The van der Waals surface area contributed by atoms with Gasteiger partial charge in [-0.25, -0.2) is 4.79 Å². The summed E-state index contributed by atoms with van der Waals surface area (Å²) >= 11 is 0. The zero-order valence-electron chi connectivity index (χ0n) is 24.0. The van der Waals surface area contributed by atoms with Crippen LogP contribution in [0.15, 0.2) is 54.1 Å². The van der Waals surface area contributed by atoms with Gasteiger partial charge in [-0.1, -0.05) is 56.3 Å². The van der Waals surface area contributed by atoms with Gasteiger partial charge in [-0.2, -0.15) is 0 Å². The van der Waals surface area contributed by atoms with Gasteiger partial charge in [-0.05, 0) is 67.9 Å². The van der Waals surface area contributed by atoms with Gasteiger partial charge in [0.1, 0.15) is 19.3 Å². The van der Waals surface area contributed by atoms with E-state index in [1.165, 1.54) is 19.4 Å². The maximum absolute atomic E-state index is 12.8. The van der Waals surface area contributed by atoms with Gasteiger partial charge in [-0.3, -0.25) is 9.59 Å². The molecule has 2 aliphatic carbocycles. The van der Waals surface area contributed by atoms with Crippen molar-refractivity contribution in [3.63, 3.8) is 0 Å². The maximum atomic E-state index is 12.8. The van der Waals surface area contributed by atoms with E-state index in [0.717, 1.165) is 24.8 Å². The molecule has 2 saturated carbocycles. The Morgan fingerprint density at radius 2 is 1.87 bits per heavy atom. The SMILES string of the molecule is C=C1CC[C@H]2[C@](C)(COC(C)=O)[C@H](OC(C)=O)CC[C@@]2(C)[C@@H]1C[C@@H](N[C@@H](C)c1ccccc1)C1=CCOC1=O. The normalized spacial score (nSPS) is 31.9. The molecule has 0 saturated heterocycles. The standard InChI is InChI=1S/C32H43NO6/c1-20-12-13-28-31(5,16-14-29(39-23(4)35)32(28,6)19-38-22(3)34)26(20)18-27(25-15-17-37-30(25)36)33-21(2)24-10-8-7-9-11-24/h7-11,15,21,26-29,33H,1,12-14,16-19H2,2-6H3/t21-,26+,27+,28+,29+,31-,32-/m0/s1. The van der Waals surface area contributed by atoms with Crippen molar-refractivity contribution in [2.75, 3.05) is 13.2 Å². The zero-order chi connectivity index (χ0) is 28.4. The Balaban J connectivity index is 1.66. The molecule has 1 aromatic carbocycles. The second kappa shape index (κ2) is 11.7. The van der Waals surface area contributed by atoms with Crippen LogP contribution in [0.3, 0.4) is 0 Å². The first-order valence-electron chi connectivity index (χ1n) is 14.1. The number of hydrogen-bond acceptors (Lipinski definition) is 7. The second-order valence-electron chi connectivity index (χ2n) is 12.1. The molecule has 4 rings (SSSR count). The van der Waals surface area contributed by atoms with Crippen molar-refractivity contribution in [1.29, 1.82) is 0 Å². The molecule has 212 valence electrons. The van der Waals surface area contributed by atoms with E-state index in [-0.39, 0.29) is 60.0 Å². The third-order valence-electron chi connectivity index (χ3n) is 9.56. The zero-order valence-corrected chi connectivity index (χ0v) is 24.0. The molecule has 39 heavy (non-hydrogen) atoms. The van der Waals surface area contributed by atoms with E-state index < -0.39 is 5.41 Å². The number of allylic oxidation sites excluding steroid dienone is 1. The maximum Gasteiger partial charge on any atom is 0.335 e. The summed E-state index contributed by atoms with van der Waals surface area (Å²) in [5.41, 5.74) is 2.29. The molecule has 0 aromatic heterocycles. The lowest BCUT2D eigenvalue weighted by Gasteiger charge is -2.60. The molecule has 7 heteroatoms. The van der Waals surface area contributed by atoms with Crippen molar-refractivity contribution < 1.29 is 28.6 Å². The summed E-state index contributed by atoms with van der Waals surface area (Å²) in [5, 5.41) is 3.73. The Hall–Kier alpha value is -2.93. The molecule has 3 aliphatic rings. The number of fused-ring (bicyclic) bond motifs is 1. The molecule has 2 fully saturated rings. The van der Waals surface area contributed by atoms with Crippen molar-refractivity contribution >= 4 is 17.9 Å². The van der Waals surface area contributed by atoms with Crippen molar-refractivity contribution in [2.24, 2.45) is 22.7 Å². The van der Waals surface area contributed by atoms with Gasteiger partial charge in [0.2, 0.25) is 0 Å². The minimum atomic E-state index is -0.533. The highest BCUT2D eigenvalue weighted by atomic mass is 16.6. The number of benzene rings is 1. The van der Waals surface area contributed by atoms with E-state index in [1.54, 1.807) is 0 Å². The number of carbonyl (C=O) groups is 3. The number of carbonyl (C=O) groups excluding carboxylic acids is 3. The average molecular weight is 538 g/mol. The largest absolute Gasteiger partial charge is 0.465 e. The van der Waals surface area contributed by atoms with Crippen LogP contribution in [0.2, 0.25) is 0 Å². The van der Waals surface area contributed by atoms with Gasteiger partial charge >= 0.3 is 17.9 Å². The molecule has 1 N–H and O–H groups in total. The van der Waals surface area contributed by atoms with E-state index in [9.17, 15) is 14.4 Å². The molecule has 0 radical (unpaired) electrons. The Morgan fingerprint density at radius 1 is 1.15 bits per heavy atom. The van der Waals surface area contributed by atoms with Gasteiger partial charge in [-0.15, -0.1) is 0 Å². The Morgan fingerprint density at radius 3 is 2.49 bits per heavy atom. The van der Waals surface area contributed by atoms with Crippen LogP contribution in [0.5, 0.6) is 0 Å². The quantitative estimate of drug-likeness (QED) is 0.254. The average Bonchev–Trinajstić information content (AvgIpc) is 3.32. The molecule has 1 aromatic rings. The van der Waals surface area contributed by atoms with Crippen LogP contribution >= 0.6 is 0 Å². The third kappa shape index (κ3) is 5.98. The summed E-state index contributed by atoms with van der Waals surface area (Å²) in [6.45, 7) is 14.4. The first kappa shape index (κ1) is 29.1. The fourth-order valence-corrected chi connectivity index (χ4v) is 7.57. The van der Waals surface area contributed by atoms with Gasteiger partial charge in [0.25, 0.3) is 0 Å². The molecular formula is C32H43NO6. The van der Waals surface area contributed by atoms with E-state index >= 15 is 0 Å². The molecule has 1 aliphatic heterocycles. The number of ether oxygens (including phenoxy) is 3. The lowest BCUT2D eigenvalue weighted by atomic mass is 9.46. The Bertz CT molecular complexity index is 1130. The Kier molecular flexibility index (Phi) is 8.69. The molecule has 7 nitrogen and oxygen atoms in total. The summed E-state index contributed by atoms with van der Waals surface area (Å²) in [4.78, 5) is 36.7. The summed E-state index contributed by atoms with van der Waals surface area (Å²) in [5.74, 6) is -0.683. The fourth-order valence-electron chi connectivity index (χ4n) is 7.57. The first-order valence-corrected chi connectivity index (χ1v) is 14.1. The lowest BCUT2D eigenvalue weighted by Crippen LogP contribution is -2.59. The minimum absolute atomic E-state index is 0.0277. The smallest absolute Gasteiger partial charge is 0.335 e. The number of rotatable bonds is 9. The van der Waals surface area contributed by atoms with Gasteiger partial charge in [0, 0.05) is 31.3 Å². The predicted octanol–water partition coefficient (Wildman–Crippen LogP) is 5.46. The van der Waals surface area contributed by atoms with Crippen LogP contribution in [-0.4, -0.2) is 43.3 Å². The van der Waals surface area contributed by atoms with Crippen LogP contribution in [0.4, 0.5) is 0 Å². The summed E-state index contributed by atoms with van der Waals surface area (Å²) in [7, 11) is 0. The predicted molar refractivity (Wildman–Crippen MR) is 148 cm³/mol. The van der Waals surface area contributed by atoms with Crippen LogP contribution in [0.1, 0.15) is 78.3 Å². The Labute approximate surface area is 232 Å². The highest BCUT2D eigenvalue weighted by molar-refractivity contribution is 5.91. The molecule has 1 heterocycles. The summed E-state index contributed by atoms with van der Waals surface area (Å²) in [6, 6.07) is 10.0. The number of hydrogen-bond donors (Lipinski definition) is 1. The van der Waals surface area contributed by atoms with Crippen molar-refractivity contribution in [3.8, 4) is 0 Å². The summed E-state index contributed by atoms with van der Waals surface area (Å²) in [6.07, 6.45) is 5.50. The van der Waals surface area contributed by atoms with Gasteiger partial charge < -0.3 is 19.5 Å². The van der Waals surface area contributed by atoms with E-state index in [0.29, 0.717) is 25.0 Å². The highest BCUT2D eigenvalue weighted by Crippen LogP contribution is 2.62. The lowest BCUT2D eigenvalue weighted by molar-refractivity contribution is -0.191. The van der Waals surface area contributed by atoms with E-state index in [1.807, 2.05) is 24.3 Å². The molecule has 0 spiro atoms. The molecule has 0 unspecified atom stereocenters. The van der Waals surface area contributed by atoms with Gasteiger partial charge in [0.05, 0.1) is 5.57 Å². The molecular weight excluding hydrogens is 494 g/mol. The number of nitrogens with one attached hydrogen (secondary N) is 1. The second-order valence-corrected chi connectivity index (χ2v) is 12.1. The monoisotopic (exact) mass is 537 g/mol. The molecule has 7 atom stereocenters. The van der Waals surface area contributed by atoms with E-state index in [4.69, 9.17) is 14.2 Å². The van der Waals surface area contributed by atoms with Gasteiger partial charge in [0.15, 0.2) is 0 Å². The van der Waals surface area contributed by atoms with Crippen molar-refractivity contribution in [2.45, 2.75) is 84.9 Å². The van der Waals surface area contributed by atoms with Crippen molar-refractivity contribution in [3.05, 3.63) is 59.7 Å². The summed E-state index contributed by atoms with van der Waals surface area (Å²) < 4.78 is 16.8. The first-order chi connectivity index (χ1) is 18.5. The number of esters is 3. The van der Waals surface area contributed by atoms with Crippen LogP contribution in [0.25, 0.3) is 0 Å². The molecule has 0 amide bonds. The van der Waals surface area contributed by atoms with E-state index in [2.05, 4.69) is 44.8 Å². The van der Waals surface area contributed by atoms with Crippen molar-refractivity contribution in [1.82, 2.24) is 5.32 Å². The topological polar surface area (TPSA) is 90.9 Å². The van der Waals surface area contributed by atoms with Crippen LogP contribution in [-0.2, 0) is 28.6 Å². The molecule has 0 bridgehead atoms. The third-order valence-corrected chi connectivity index (χ3v) is 9.56. The number of cyclic esters (lactones) is 1. The fraction of sp³-hybridized carbons (Fsp3) is 0.594. The highest BCUT2D eigenvalue weighted by Gasteiger charge is 2.60. The van der Waals surface area contributed by atoms with Crippen LogP contribution < -0.4 is 5.32 Å². The van der Waals surface area contributed by atoms with Crippen LogP contribution in [0, 0.1) is 22.7 Å².